The molecule has 26 heavy (non-hydrogen) atoms. The largest absolute Gasteiger partial charge is 0.371 e. The van der Waals surface area contributed by atoms with Gasteiger partial charge in [0.1, 0.15) is 6.10 Å². The van der Waals surface area contributed by atoms with Gasteiger partial charge in [-0.25, -0.2) is 0 Å². The maximum atomic E-state index is 12.3. The molecule has 6 heteroatoms. The molecule has 2 N–H and O–H groups in total. The molecule has 2 aliphatic rings. The molecular formula is C20H26N4O2. The maximum absolute atomic E-state index is 12.3. The molecule has 4 rings (SSSR count). The first-order chi connectivity index (χ1) is 12.8. The smallest absolute Gasteiger partial charge is 0.220 e. The van der Waals surface area contributed by atoms with E-state index in [-0.39, 0.29) is 12.0 Å². The second-order valence-corrected chi connectivity index (χ2v) is 6.99. The topological polar surface area (TPSA) is 68.2 Å². The second-order valence-electron chi connectivity index (χ2n) is 6.99. The van der Waals surface area contributed by atoms with E-state index in [1.54, 1.807) is 0 Å². The summed E-state index contributed by atoms with van der Waals surface area (Å²) in [6, 6.07) is 10.4. The van der Waals surface area contributed by atoms with Gasteiger partial charge >= 0.3 is 0 Å². The summed E-state index contributed by atoms with van der Waals surface area (Å²) >= 11 is 0. The van der Waals surface area contributed by atoms with E-state index in [4.69, 9.17) is 4.74 Å². The summed E-state index contributed by atoms with van der Waals surface area (Å²) < 4.78 is 7.92. The van der Waals surface area contributed by atoms with E-state index in [1.165, 1.54) is 16.8 Å². The van der Waals surface area contributed by atoms with Crippen LogP contribution in [0.3, 0.4) is 0 Å². The summed E-state index contributed by atoms with van der Waals surface area (Å²) in [4.78, 5) is 12.3. The van der Waals surface area contributed by atoms with Crippen LogP contribution < -0.4 is 10.6 Å². The molecule has 1 amide bonds. The molecule has 138 valence electrons. The van der Waals surface area contributed by atoms with Gasteiger partial charge in [-0.2, -0.15) is 5.10 Å². The second kappa shape index (κ2) is 8.01. The molecule has 1 aromatic carbocycles. The average Bonchev–Trinajstić information content (AvgIpc) is 2.93. The molecular weight excluding hydrogens is 328 g/mol. The summed E-state index contributed by atoms with van der Waals surface area (Å²) in [7, 11) is 0. The number of aromatic nitrogens is 2. The van der Waals surface area contributed by atoms with Crippen LogP contribution in [0.25, 0.3) is 0 Å². The van der Waals surface area contributed by atoms with E-state index >= 15 is 0 Å². The maximum Gasteiger partial charge on any atom is 0.220 e. The lowest BCUT2D eigenvalue weighted by Crippen LogP contribution is -2.32. The highest BCUT2D eigenvalue weighted by Crippen LogP contribution is 2.26. The molecule has 0 spiro atoms. The number of amides is 1. The van der Waals surface area contributed by atoms with Crippen molar-refractivity contribution in [1.29, 1.82) is 0 Å². The number of ether oxygens (including phenoxy) is 1. The average molecular weight is 354 g/mol. The number of carbonyl (C=O) groups is 1. The van der Waals surface area contributed by atoms with Crippen molar-refractivity contribution in [1.82, 2.24) is 20.4 Å². The number of fused-ring (bicyclic) bond motifs is 2. The summed E-state index contributed by atoms with van der Waals surface area (Å²) in [6.45, 7) is 4.09. The predicted molar refractivity (Wildman–Crippen MR) is 98.7 cm³/mol. The van der Waals surface area contributed by atoms with E-state index in [0.29, 0.717) is 26.0 Å². The Morgan fingerprint density at radius 2 is 2.31 bits per heavy atom. The molecule has 6 nitrogen and oxygen atoms in total. The molecule has 1 aromatic heterocycles. The number of hydrogen-bond acceptors (Lipinski definition) is 4. The van der Waals surface area contributed by atoms with Gasteiger partial charge in [0, 0.05) is 32.5 Å². The van der Waals surface area contributed by atoms with Gasteiger partial charge in [0.15, 0.2) is 0 Å². The molecule has 0 radical (unpaired) electrons. The van der Waals surface area contributed by atoms with Crippen LogP contribution in [0.15, 0.2) is 30.3 Å². The Labute approximate surface area is 153 Å². The zero-order valence-corrected chi connectivity index (χ0v) is 15.0. The van der Waals surface area contributed by atoms with Crippen LogP contribution in [0.2, 0.25) is 0 Å². The fraction of sp³-hybridized carbons (Fsp3) is 0.500. The number of benzene rings is 1. The molecule has 2 aromatic rings. The summed E-state index contributed by atoms with van der Waals surface area (Å²) in [5, 5.41) is 11.1. The van der Waals surface area contributed by atoms with Crippen molar-refractivity contribution >= 4 is 5.91 Å². The minimum absolute atomic E-state index is 0.0429. The highest BCUT2D eigenvalue weighted by Gasteiger charge is 2.21. The minimum Gasteiger partial charge on any atom is -0.371 e. The zero-order chi connectivity index (χ0) is 17.8. The van der Waals surface area contributed by atoms with Gasteiger partial charge in [-0.05, 0) is 36.6 Å². The molecule has 0 saturated carbocycles. The molecule has 0 bridgehead atoms. The lowest BCUT2D eigenvalue weighted by molar-refractivity contribution is -0.121. The molecule has 3 heterocycles. The van der Waals surface area contributed by atoms with Gasteiger partial charge in [-0.1, -0.05) is 24.3 Å². The number of carbonyl (C=O) groups excluding carboxylic acids is 1. The molecule has 0 fully saturated rings. The molecule has 2 aliphatic heterocycles. The summed E-state index contributed by atoms with van der Waals surface area (Å²) in [5.41, 5.74) is 4.73. The van der Waals surface area contributed by atoms with Crippen molar-refractivity contribution in [2.45, 2.75) is 44.9 Å². The lowest BCUT2D eigenvalue weighted by Gasteiger charge is -2.26. The normalized spacial score (nSPS) is 19.3. The van der Waals surface area contributed by atoms with Crippen LogP contribution in [-0.2, 0) is 35.5 Å². The van der Waals surface area contributed by atoms with Gasteiger partial charge in [-0.3, -0.25) is 9.48 Å². The van der Waals surface area contributed by atoms with Crippen molar-refractivity contribution in [3.63, 3.8) is 0 Å². The number of rotatable bonds is 5. The Hall–Kier alpha value is -2.18. The fourth-order valence-electron chi connectivity index (χ4n) is 3.73. The van der Waals surface area contributed by atoms with E-state index in [2.05, 4.69) is 44.7 Å². The van der Waals surface area contributed by atoms with E-state index in [1.807, 2.05) is 6.07 Å². The van der Waals surface area contributed by atoms with Crippen LogP contribution >= 0.6 is 0 Å². The van der Waals surface area contributed by atoms with Gasteiger partial charge in [0.05, 0.1) is 18.0 Å². The number of aryl methyl sites for hydroxylation is 2. The number of nitrogens with zero attached hydrogens (tertiary/aromatic N) is 2. The van der Waals surface area contributed by atoms with Crippen molar-refractivity contribution in [2.24, 2.45) is 0 Å². The Kier molecular flexibility index (Phi) is 5.32. The van der Waals surface area contributed by atoms with Crippen molar-refractivity contribution < 1.29 is 9.53 Å². The lowest BCUT2D eigenvalue weighted by atomic mass is 9.97. The first-order valence-corrected chi connectivity index (χ1v) is 9.52. The Morgan fingerprint density at radius 1 is 1.38 bits per heavy atom. The van der Waals surface area contributed by atoms with Crippen LogP contribution in [0.1, 0.15) is 41.5 Å². The van der Waals surface area contributed by atoms with Crippen LogP contribution in [0.4, 0.5) is 0 Å². The van der Waals surface area contributed by atoms with Crippen molar-refractivity contribution in [3.8, 4) is 0 Å². The van der Waals surface area contributed by atoms with E-state index in [0.717, 1.165) is 38.2 Å². The van der Waals surface area contributed by atoms with Crippen LogP contribution in [0, 0.1) is 0 Å². The zero-order valence-electron chi connectivity index (χ0n) is 15.0. The number of hydrogen-bond donors (Lipinski definition) is 2. The Bertz CT molecular complexity index is 747. The first kappa shape index (κ1) is 17.2. The third-order valence-electron chi connectivity index (χ3n) is 5.13. The third kappa shape index (κ3) is 3.97. The first-order valence-electron chi connectivity index (χ1n) is 9.52. The van der Waals surface area contributed by atoms with Gasteiger partial charge < -0.3 is 15.4 Å². The quantitative estimate of drug-likeness (QED) is 0.858. The Balaban J connectivity index is 1.27. The molecule has 0 aliphatic carbocycles. The molecule has 0 unspecified atom stereocenters. The molecule has 0 saturated heterocycles. The summed E-state index contributed by atoms with van der Waals surface area (Å²) in [6.07, 6.45) is 3.13. The molecule has 1 atom stereocenters. The van der Waals surface area contributed by atoms with Crippen LogP contribution in [0.5, 0.6) is 0 Å². The SMILES string of the molecule is O=C(CCc1cc2n(n1)CCCNC2)NC[C@H]1OCCc2ccccc21. The van der Waals surface area contributed by atoms with Gasteiger partial charge in [-0.15, -0.1) is 0 Å². The fourth-order valence-corrected chi connectivity index (χ4v) is 3.73. The highest BCUT2D eigenvalue weighted by atomic mass is 16.5. The van der Waals surface area contributed by atoms with Crippen molar-refractivity contribution in [2.75, 3.05) is 19.7 Å². The minimum atomic E-state index is -0.0429. The number of nitrogens with one attached hydrogen (secondary N) is 2. The van der Waals surface area contributed by atoms with Gasteiger partial charge in [0.25, 0.3) is 0 Å². The monoisotopic (exact) mass is 354 g/mol. The summed E-state index contributed by atoms with van der Waals surface area (Å²) in [5.74, 6) is 0.0537. The van der Waals surface area contributed by atoms with Crippen LogP contribution in [-0.4, -0.2) is 35.4 Å². The van der Waals surface area contributed by atoms with E-state index in [9.17, 15) is 4.79 Å². The van der Waals surface area contributed by atoms with Gasteiger partial charge in [0.2, 0.25) is 5.91 Å². The predicted octanol–water partition coefficient (Wildman–Crippen LogP) is 1.74. The highest BCUT2D eigenvalue weighted by molar-refractivity contribution is 5.76. The van der Waals surface area contributed by atoms with Crippen molar-refractivity contribution in [3.05, 3.63) is 52.8 Å². The third-order valence-corrected chi connectivity index (χ3v) is 5.13. The Morgan fingerprint density at radius 3 is 3.27 bits per heavy atom. The van der Waals surface area contributed by atoms with E-state index < -0.39 is 0 Å². The standard InChI is InChI=1S/C20H26N4O2/c25-20(7-6-16-12-17-13-21-9-3-10-24(17)23-16)22-14-19-18-5-2-1-4-15(18)8-11-26-19/h1-2,4-5,12,19,21H,3,6-11,13-14H2,(H,22,25)/t19-/m1/s1.